The van der Waals surface area contributed by atoms with E-state index in [0.717, 1.165) is 0 Å². The first-order valence-corrected chi connectivity index (χ1v) is 6.15. The van der Waals surface area contributed by atoms with Crippen LogP contribution in [0.25, 0.3) is 0 Å². The van der Waals surface area contributed by atoms with Crippen LogP contribution in [0.3, 0.4) is 0 Å². The van der Waals surface area contributed by atoms with Crippen LogP contribution in [0.1, 0.15) is 11.3 Å². The first-order chi connectivity index (χ1) is 8.93. The van der Waals surface area contributed by atoms with Crippen LogP contribution in [0.5, 0.6) is 0 Å². The third-order valence-electron chi connectivity index (χ3n) is 3.03. The number of carbonyl (C=O) groups is 1. The molecule has 1 atom stereocenters. The molecule has 2 aromatic rings. The Balaban J connectivity index is 2.38. The molecule has 0 saturated carbocycles. The van der Waals surface area contributed by atoms with Crippen LogP contribution in [-0.2, 0) is 16.9 Å². The standard InChI is InChI=1S/C13H15ClN4O/c1-9-11(14)7-18(17-9)8-13(16,12(15)19)10-5-3-2-4-6-10/h2-7H,8,16H2,1H3,(H2,15,19). The summed E-state index contributed by atoms with van der Waals surface area (Å²) in [4.78, 5) is 11.7. The van der Waals surface area contributed by atoms with Gasteiger partial charge >= 0.3 is 0 Å². The zero-order valence-corrected chi connectivity index (χ0v) is 11.3. The maximum Gasteiger partial charge on any atom is 0.244 e. The Hall–Kier alpha value is -1.85. The third-order valence-corrected chi connectivity index (χ3v) is 3.40. The highest BCUT2D eigenvalue weighted by Crippen LogP contribution is 2.21. The Morgan fingerprint density at radius 1 is 1.42 bits per heavy atom. The van der Waals surface area contributed by atoms with E-state index >= 15 is 0 Å². The van der Waals surface area contributed by atoms with E-state index in [9.17, 15) is 4.79 Å². The topological polar surface area (TPSA) is 86.9 Å². The second-order valence-electron chi connectivity index (χ2n) is 4.46. The van der Waals surface area contributed by atoms with Gasteiger partial charge in [-0.25, -0.2) is 0 Å². The molecule has 1 heterocycles. The molecule has 4 N–H and O–H groups in total. The molecule has 6 heteroatoms. The zero-order chi connectivity index (χ0) is 14.0. The number of halogens is 1. The van der Waals surface area contributed by atoms with Crippen LogP contribution in [0.4, 0.5) is 0 Å². The second kappa shape index (κ2) is 5.03. The predicted molar refractivity (Wildman–Crippen MR) is 73.5 cm³/mol. The van der Waals surface area contributed by atoms with E-state index in [2.05, 4.69) is 5.10 Å². The number of hydrogen-bond donors (Lipinski definition) is 2. The minimum atomic E-state index is -1.32. The number of nitrogens with zero attached hydrogens (tertiary/aromatic N) is 2. The lowest BCUT2D eigenvalue weighted by molar-refractivity contribution is -0.124. The normalized spacial score (nSPS) is 14.1. The van der Waals surface area contributed by atoms with Gasteiger partial charge < -0.3 is 11.5 Å². The van der Waals surface area contributed by atoms with Gasteiger partial charge in [0.2, 0.25) is 5.91 Å². The molecule has 100 valence electrons. The van der Waals surface area contributed by atoms with Gasteiger partial charge in [-0.15, -0.1) is 0 Å². The molecular formula is C13H15ClN4O. The summed E-state index contributed by atoms with van der Waals surface area (Å²) in [6.07, 6.45) is 1.63. The van der Waals surface area contributed by atoms with E-state index in [0.29, 0.717) is 16.3 Å². The lowest BCUT2D eigenvalue weighted by atomic mass is 9.90. The molecular weight excluding hydrogens is 264 g/mol. The smallest absolute Gasteiger partial charge is 0.244 e. The van der Waals surface area contributed by atoms with Crippen molar-refractivity contribution in [2.75, 3.05) is 0 Å². The number of aromatic nitrogens is 2. The Morgan fingerprint density at radius 3 is 2.53 bits per heavy atom. The van der Waals surface area contributed by atoms with Gasteiger partial charge in [-0.3, -0.25) is 9.48 Å². The van der Waals surface area contributed by atoms with Crippen molar-refractivity contribution >= 4 is 17.5 Å². The summed E-state index contributed by atoms with van der Waals surface area (Å²) < 4.78 is 1.54. The van der Waals surface area contributed by atoms with Crippen LogP contribution < -0.4 is 11.5 Å². The Kier molecular flexibility index (Phi) is 3.59. The van der Waals surface area contributed by atoms with Crippen molar-refractivity contribution in [2.45, 2.75) is 19.0 Å². The van der Waals surface area contributed by atoms with Gasteiger partial charge in [-0.05, 0) is 12.5 Å². The third kappa shape index (κ3) is 2.62. The molecule has 0 radical (unpaired) electrons. The van der Waals surface area contributed by atoms with E-state index in [-0.39, 0.29) is 6.54 Å². The van der Waals surface area contributed by atoms with E-state index < -0.39 is 11.4 Å². The van der Waals surface area contributed by atoms with Gasteiger partial charge in [0.25, 0.3) is 0 Å². The van der Waals surface area contributed by atoms with E-state index in [1.165, 1.54) is 4.68 Å². The highest BCUT2D eigenvalue weighted by molar-refractivity contribution is 6.31. The Morgan fingerprint density at radius 2 is 2.05 bits per heavy atom. The van der Waals surface area contributed by atoms with Gasteiger partial charge in [0, 0.05) is 6.20 Å². The molecule has 0 saturated heterocycles. The van der Waals surface area contributed by atoms with Gasteiger partial charge in [0.15, 0.2) is 0 Å². The highest BCUT2D eigenvalue weighted by atomic mass is 35.5. The van der Waals surface area contributed by atoms with Gasteiger partial charge in [-0.1, -0.05) is 41.9 Å². The molecule has 0 aliphatic carbocycles. The summed E-state index contributed by atoms with van der Waals surface area (Å²) in [5.74, 6) is -0.608. The summed E-state index contributed by atoms with van der Waals surface area (Å²) in [6, 6.07) is 8.99. The fraction of sp³-hybridized carbons (Fsp3) is 0.231. The average Bonchev–Trinajstić information content (AvgIpc) is 2.69. The van der Waals surface area contributed by atoms with Crippen molar-refractivity contribution in [3.63, 3.8) is 0 Å². The zero-order valence-electron chi connectivity index (χ0n) is 10.5. The minimum Gasteiger partial charge on any atom is -0.368 e. The number of hydrogen-bond acceptors (Lipinski definition) is 3. The highest BCUT2D eigenvalue weighted by Gasteiger charge is 2.35. The van der Waals surface area contributed by atoms with Crippen LogP contribution in [0.2, 0.25) is 5.02 Å². The predicted octanol–water partition coefficient (Wildman–Crippen LogP) is 1.18. The Labute approximate surface area is 116 Å². The molecule has 1 unspecified atom stereocenters. The summed E-state index contributed by atoms with van der Waals surface area (Å²) in [5, 5.41) is 4.73. The molecule has 1 aromatic heterocycles. The first-order valence-electron chi connectivity index (χ1n) is 5.77. The van der Waals surface area contributed by atoms with Crippen LogP contribution in [0, 0.1) is 6.92 Å². The molecule has 0 spiro atoms. The molecule has 1 amide bonds. The maximum atomic E-state index is 11.7. The monoisotopic (exact) mass is 278 g/mol. The number of primary amides is 1. The lowest BCUT2D eigenvalue weighted by Gasteiger charge is -2.26. The quantitative estimate of drug-likeness (QED) is 0.880. The summed E-state index contributed by atoms with van der Waals surface area (Å²) in [6.45, 7) is 1.92. The van der Waals surface area contributed by atoms with Gasteiger partial charge in [0.05, 0.1) is 17.3 Å². The summed E-state index contributed by atoms with van der Waals surface area (Å²) in [7, 11) is 0. The SMILES string of the molecule is Cc1nn(CC(N)(C(N)=O)c2ccccc2)cc1Cl. The number of carbonyl (C=O) groups excluding carboxylic acids is 1. The van der Waals surface area contributed by atoms with E-state index in [1.54, 1.807) is 37.4 Å². The van der Waals surface area contributed by atoms with E-state index in [4.69, 9.17) is 23.1 Å². The average molecular weight is 279 g/mol. The fourth-order valence-electron chi connectivity index (χ4n) is 1.88. The molecule has 5 nitrogen and oxygen atoms in total. The molecule has 19 heavy (non-hydrogen) atoms. The van der Waals surface area contributed by atoms with Crippen molar-refractivity contribution in [1.82, 2.24) is 9.78 Å². The van der Waals surface area contributed by atoms with Crippen molar-refractivity contribution in [3.05, 3.63) is 52.8 Å². The maximum absolute atomic E-state index is 11.7. The minimum absolute atomic E-state index is 0.139. The van der Waals surface area contributed by atoms with Crippen LogP contribution >= 0.6 is 11.6 Å². The molecule has 0 aliphatic heterocycles. The Bertz CT molecular complexity index is 576. The van der Waals surface area contributed by atoms with Gasteiger partial charge in [0.1, 0.15) is 5.54 Å². The number of rotatable bonds is 4. The van der Waals surface area contributed by atoms with Crippen LogP contribution in [-0.4, -0.2) is 15.7 Å². The first kappa shape index (κ1) is 13.6. The number of aryl methyl sites for hydroxylation is 1. The van der Waals surface area contributed by atoms with Crippen molar-refractivity contribution in [2.24, 2.45) is 11.5 Å². The molecule has 2 rings (SSSR count). The second-order valence-corrected chi connectivity index (χ2v) is 4.87. The largest absolute Gasteiger partial charge is 0.368 e. The van der Waals surface area contributed by atoms with Gasteiger partial charge in [-0.2, -0.15) is 5.10 Å². The van der Waals surface area contributed by atoms with Crippen molar-refractivity contribution < 1.29 is 4.79 Å². The molecule has 0 bridgehead atoms. The fourth-order valence-corrected chi connectivity index (χ4v) is 2.03. The summed E-state index contributed by atoms with van der Waals surface area (Å²) in [5.41, 5.74) is 11.6. The lowest BCUT2D eigenvalue weighted by Crippen LogP contribution is -2.52. The summed E-state index contributed by atoms with van der Waals surface area (Å²) >= 11 is 5.94. The van der Waals surface area contributed by atoms with E-state index in [1.807, 2.05) is 6.07 Å². The number of benzene rings is 1. The molecule has 1 aromatic carbocycles. The van der Waals surface area contributed by atoms with Crippen molar-refractivity contribution in [3.8, 4) is 0 Å². The molecule has 0 fully saturated rings. The van der Waals surface area contributed by atoms with Crippen molar-refractivity contribution in [1.29, 1.82) is 0 Å². The number of amides is 1. The molecule has 0 aliphatic rings. The van der Waals surface area contributed by atoms with Crippen LogP contribution in [0.15, 0.2) is 36.5 Å². The number of nitrogens with two attached hydrogens (primary N) is 2.